The molecular weight excluding hydrogens is 236 g/mol. The van der Waals surface area contributed by atoms with Crippen LogP contribution in [0.1, 0.15) is 40.7 Å². The maximum atomic E-state index is 13.7. The fraction of sp³-hybridized carbons (Fsp3) is 0.417. The van der Waals surface area contributed by atoms with Crippen LogP contribution in [0.5, 0.6) is 0 Å². The van der Waals surface area contributed by atoms with Crippen molar-refractivity contribution in [2.24, 2.45) is 0 Å². The molecule has 1 aromatic carbocycles. The second kappa shape index (κ2) is 4.13. The van der Waals surface area contributed by atoms with Crippen molar-refractivity contribution < 1.29 is 22.4 Å². The lowest BCUT2D eigenvalue weighted by atomic mass is 9.98. The average Bonchev–Trinajstić information content (AvgIpc) is 2.40. The number of fused-ring (bicyclic) bond motifs is 1. The van der Waals surface area contributed by atoms with Gasteiger partial charge < -0.3 is 0 Å². The van der Waals surface area contributed by atoms with E-state index in [4.69, 9.17) is 0 Å². The molecule has 1 nitrogen and oxygen atoms in total. The smallest absolute Gasteiger partial charge is 0.294 e. The molecule has 0 fully saturated rings. The van der Waals surface area contributed by atoms with Crippen LogP contribution in [0.15, 0.2) is 12.1 Å². The van der Waals surface area contributed by atoms with E-state index in [0.717, 1.165) is 6.07 Å². The molecule has 0 aliphatic heterocycles. The molecule has 0 saturated carbocycles. The Kier molecular flexibility index (Phi) is 2.93. The van der Waals surface area contributed by atoms with Gasteiger partial charge in [-0.25, -0.2) is 4.39 Å². The summed E-state index contributed by atoms with van der Waals surface area (Å²) < 4.78 is 51.2. The molecule has 92 valence electrons. The maximum absolute atomic E-state index is 13.7. The van der Waals surface area contributed by atoms with Gasteiger partial charge in [0.05, 0.1) is 5.56 Å². The number of ketones is 1. The summed E-state index contributed by atoms with van der Waals surface area (Å²) in [5.74, 6) is -1.56. The summed E-state index contributed by atoms with van der Waals surface area (Å²) in [6.45, 7) is 0. The van der Waals surface area contributed by atoms with Crippen molar-refractivity contribution in [2.45, 2.75) is 31.9 Å². The van der Waals surface area contributed by atoms with Crippen LogP contribution in [0.3, 0.4) is 0 Å². The fourth-order valence-electron chi connectivity index (χ4n) is 2.07. The first kappa shape index (κ1) is 12.1. The molecule has 0 amide bonds. The third-order valence-corrected chi connectivity index (χ3v) is 2.93. The number of benzene rings is 1. The molecule has 1 aliphatic rings. The molecule has 0 aromatic heterocycles. The van der Waals surface area contributed by atoms with Gasteiger partial charge in [-0.15, -0.1) is 0 Å². The molecule has 17 heavy (non-hydrogen) atoms. The SMILES string of the molecule is O=C1CCCCc2c1ccc(C(F)(F)F)c2F. The van der Waals surface area contributed by atoms with Crippen molar-refractivity contribution in [3.8, 4) is 0 Å². The van der Waals surface area contributed by atoms with Gasteiger partial charge in [-0.1, -0.05) is 6.07 Å². The minimum Gasteiger partial charge on any atom is -0.294 e. The Balaban J connectivity index is 2.59. The van der Waals surface area contributed by atoms with Gasteiger partial charge in [-0.05, 0) is 30.9 Å². The van der Waals surface area contributed by atoms with E-state index >= 15 is 0 Å². The largest absolute Gasteiger partial charge is 0.419 e. The Bertz CT molecular complexity index is 462. The lowest BCUT2D eigenvalue weighted by Gasteiger charge is -2.12. The zero-order chi connectivity index (χ0) is 12.6. The van der Waals surface area contributed by atoms with Gasteiger partial charge in [-0.2, -0.15) is 13.2 Å². The highest BCUT2D eigenvalue weighted by atomic mass is 19.4. The summed E-state index contributed by atoms with van der Waals surface area (Å²) >= 11 is 0. The van der Waals surface area contributed by atoms with Gasteiger partial charge in [0.1, 0.15) is 5.82 Å². The first-order chi connectivity index (χ1) is 7.91. The summed E-state index contributed by atoms with van der Waals surface area (Å²) in [5.41, 5.74) is -1.26. The summed E-state index contributed by atoms with van der Waals surface area (Å²) in [5, 5.41) is 0. The predicted octanol–water partition coefficient (Wildman–Crippen LogP) is 3.75. The van der Waals surface area contributed by atoms with Gasteiger partial charge in [0, 0.05) is 12.0 Å². The van der Waals surface area contributed by atoms with E-state index in [1.807, 2.05) is 0 Å². The van der Waals surface area contributed by atoms with Crippen LogP contribution in [-0.4, -0.2) is 5.78 Å². The monoisotopic (exact) mass is 246 g/mol. The topological polar surface area (TPSA) is 17.1 Å². The number of hydrogen-bond donors (Lipinski definition) is 0. The van der Waals surface area contributed by atoms with E-state index in [1.54, 1.807) is 0 Å². The van der Waals surface area contributed by atoms with E-state index in [1.165, 1.54) is 0 Å². The van der Waals surface area contributed by atoms with Crippen molar-refractivity contribution in [3.63, 3.8) is 0 Å². The molecule has 0 N–H and O–H groups in total. The Labute approximate surface area is 95.4 Å². The molecule has 1 aromatic rings. The third-order valence-electron chi connectivity index (χ3n) is 2.93. The van der Waals surface area contributed by atoms with Gasteiger partial charge in [0.15, 0.2) is 5.78 Å². The van der Waals surface area contributed by atoms with Gasteiger partial charge in [0.2, 0.25) is 0 Å². The highest BCUT2D eigenvalue weighted by Crippen LogP contribution is 2.35. The molecule has 0 unspecified atom stereocenters. The molecule has 0 heterocycles. The Morgan fingerprint density at radius 2 is 1.71 bits per heavy atom. The maximum Gasteiger partial charge on any atom is 0.419 e. The van der Waals surface area contributed by atoms with E-state index < -0.39 is 17.6 Å². The van der Waals surface area contributed by atoms with Gasteiger partial charge in [0.25, 0.3) is 0 Å². The van der Waals surface area contributed by atoms with E-state index in [9.17, 15) is 22.4 Å². The van der Waals surface area contributed by atoms with Crippen molar-refractivity contribution in [3.05, 3.63) is 34.6 Å². The molecule has 5 heteroatoms. The van der Waals surface area contributed by atoms with Crippen LogP contribution in [0.4, 0.5) is 17.6 Å². The van der Waals surface area contributed by atoms with Crippen LogP contribution in [0, 0.1) is 5.82 Å². The number of halogens is 4. The van der Waals surface area contributed by atoms with Crippen LogP contribution >= 0.6 is 0 Å². The molecule has 2 rings (SSSR count). The molecule has 0 spiro atoms. The first-order valence-electron chi connectivity index (χ1n) is 5.33. The summed E-state index contributed by atoms with van der Waals surface area (Å²) in [7, 11) is 0. The Hall–Kier alpha value is -1.39. The minimum atomic E-state index is -4.71. The lowest BCUT2D eigenvalue weighted by molar-refractivity contribution is -0.140. The predicted molar refractivity (Wildman–Crippen MR) is 53.3 cm³/mol. The Morgan fingerprint density at radius 3 is 2.35 bits per heavy atom. The standard InChI is InChI=1S/C12H10F4O/c13-11-8-3-1-2-4-10(17)7(8)5-6-9(11)12(14,15)16/h5-6H,1-4H2. The fourth-order valence-corrected chi connectivity index (χ4v) is 2.07. The second-order valence-electron chi connectivity index (χ2n) is 4.08. The van der Waals surface area contributed by atoms with Crippen LogP contribution in [0.25, 0.3) is 0 Å². The zero-order valence-electron chi connectivity index (χ0n) is 8.90. The molecular formula is C12H10F4O. The summed E-state index contributed by atoms with van der Waals surface area (Å²) in [4.78, 5) is 11.6. The Morgan fingerprint density at radius 1 is 1.06 bits per heavy atom. The lowest BCUT2D eigenvalue weighted by Crippen LogP contribution is -2.12. The number of alkyl halides is 3. The van der Waals surface area contributed by atoms with Crippen LogP contribution in [-0.2, 0) is 12.6 Å². The van der Waals surface area contributed by atoms with Crippen molar-refractivity contribution >= 4 is 5.78 Å². The minimum absolute atomic E-state index is 0.0812. The molecule has 0 bridgehead atoms. The quantitative estimate of drug-likeness (QED) is 0.503. The first-order valence-corrected chi connectivity index (χ1v) is 5.33. The van der Waals surface area contributed by atoms with E-state index in [2.05, 4.69) is 0 Å². The summed E-state index contributed by atoms with van der Waals surface area (Å²) in [6.07, 6.45) is -3.12. The molecule has 0 atom stereocenters. The number of rotatable bonds is 0. The number of Topliss-reactive ketones (excluding diaryl/α,β-unsaturated/α-hetero) is 1. The highest BCUT2D eigenvalue weighted by Gasteiger charge is 2.36. The van der Waals surface area contributed by atoms with Gasteiger partial charge in [-0.3, -0.25) is 4.79 Å². The number of carbonyl (C=O) groups excluding carboxylic acids is 1. The number of carbonyl (C=O) groups is 1. The molecule has 0 radical (unpaired) electrons. The van der Waals surface area contributed by atoms with Crippen molar-refractivity contribution in [1.29, 1.82) is 0 Å². The second-order valence-corrected chi connectivity index (χ2v) is 4.08. The summed E-state index contributed by atoms with van der Waals surface area (Å²) in [6, 6.07) is 1.74. The zero-order valence-corrected chi connectivity index (χ0v) is 8.90. The van der Waals surface area contributed by atoms with Crippen molar-refractivity contribution in [2.75, 3.05) is 0 Å². The normalized spacial score (nSPS) is 16.6. The van der Waals surface area contributed by atoms with Crippen molar-refractivity contribution in [1.82, 2.24) is 0 Å². The highest BCUT2D eigenvalue weighted by molar-refractivity contribution is 5.97. The molecule has 1 aliphatic carbocycles. The van der Waals surface area contributed by atoms with E-state index in [0.29, 0.717) is 18.9 Å². The van der Waals surface area contributed by atoms with Gasteiger partial charge >= 0.3 is 6.18 Å². The third kappa shape index (κ3) is 2.18. The molecule has 0 saturated heterocycles. The average molecular weight is 246 g/mol. The van der Waals surface area contributed by atoms with Crippen LogP contribution in [0.2, 0.25) is 0 Å². The number of hydrogen-bond acceptors (Lipinski definition) is 1. The van der Waals surface area contributed by atoms with Crippen LogP contribution < -0.4 is 0 Å². The van der Waals surface area contributed by atoms with E-state index in [-0.39, 0.29) is 29.8 Å².